The van der Waals surface area contributed by atoms with E-state index in [2.05, 4.69) is 24.2 Å². The van der Waals surface area contributed by atoms with Crippen LogP contribution in [-0.2, 0) is 0 Å². The molecule has 1 aliphatic carbocycles. The molecule has 2 aliphatic rings. The Morgan fingerprint density at radius 2 is 2.07 bits per heavy atom. The first-order chi connectivity index (χ1) is 7.25. The second kappa shape index (κ2) is 5.00. The molecule has 3 unspecified atom stereocenters. The molecule has 0 amide bonds. The van der Waals surface area contributed by atoms with Crippen molar-refractivity contribution in [2.45, 2.75) is 58.4 Å². The summed E-state index contributed by atoms with van der Waals surface area (Å²) in [6, 6.07) is 0.693. The fourth-order valence-corrected chi connectivity index (χ4v) is 2.91. The maximum absolute atomic E-state index is 4.58. The van der Waals surface area contributed by atoms with Crippen LogP contribution in [0.5, 0.6) is 0 Å². The topological polar surface area (TPSA) is 24.4 Å². The number of amidine groups is 1. The molecule has 3 atom stereocenters. The van der Waals surface area contributed by atoms with Gasteiger partial charge in [0.15, 0.2) is 0 Å². The Balaban J connectivity index is 1.85. The summed E-state index contributed by atoms with van der Waals surface area (Å²) < 4.78 is 0. The van der Waals surface area contributed by atoms with Crippen molar-refractivity contribution in [2.24, 2.45) is 16.8 Å². The Morgan fingerprint density at radius 3 is 2.73 bits per heavy atom. The first kappa shape index (κ1) is 11.0. The number of hydrogen-bond donors (Lipinski definition) is 1. The lowest BCUT2D eigenvalue weighted by atomic mass is 9.80. The third-order valence-corrected chi connectivity index (χ3v) is 3.91. The lowest BCUT2D eigenvalue weighted by molar-refractivity contribution is 0.246. The van der Waals surface area contributed by atoms with Crippen molar-refractivity contribution in [1.82, 2.24) is 5.32 Å². The molecule has 1 saturated carbocycles. The van der Waals surface area contributed by atoms with Crippen LogP contribution < -0.4 is 5.32 Å². The average molecular weight is 208 g/mol. The van der Waals surface area contributed by atoms with Crippen molar-refractivity contribution in [2.75, 3.05) is 6.54 Å². The second-order valence-electron chi connectivity index (χ2n) is 5.43. The third-order valence-electron chi connectivity index (χ3n) is 3.91. The first-order valence-corrected chi connectivity index (χ1v) is 6.55. The summed E-state index contributed by atoms with van der Waals surface area (Å²) >= 11 is 0. The molecular formula is C13H24N2. The minimum Gasteiger partial charge on any atom is -0.371 e. The van der Waals surface area contributed by atoms with Gasteiger partial charge in [-0.2, -0.15) is 0 Å². The summed E-state index contributed by atoms with van der Waals surface area (Å²) in [7, 11) is 0. The molecule has 0 spiro atoms. The maximum Gasteiger partial charge on any atom is 0.0965 e. The van der Waals surface area contributed by atoms with Crippen LogP contribution in [0.15, 0.2) is 4.99 Å². The fraction of sp³-hybridized carbons (Fsp3) is 0.923. The molecule has 0 saturated heterocycles. The van der Waals surface area contributed by atoms with Gasteiger partial charge in [0.25, 0.3) is 0 Å². The van der Waals surface area contributed by atoms with Gasteiger partial charge in [-0.25, -0.2) is 0 Å². The van der Waals surface area contributed by atoms with Gasteiger partial charge in [-0.05, 0) is 43.9 Å². The third kappa shape index (κ3) is 2.96. The van der Waals surface area contributed by atoms with E-state index in [9.17, 15) is 0 Å². The fourth-order valence-electron chi connectivity index (χ4n) is 2.91. The van der Waals surface area contributed by atoms with Gasteiger partial charge < -0.3 is 5.32 Å². The van der Waals surface area contributed by atoms with Gasteiger partial charge in [-0.3, -0.25) is 4.99 Å². The lowest BCUT2D eigenvalue weighted by Gasteiger charge is -2.34. The van der Waals surface area contributed by atoms with Crippen LogP contribution in [-0.4, -0.2) is 18.4 Å². The highest BCUT2D eigenvalue weighted by atomic mass is 15.0. The molecule has 2 rings (SSSR count). The smallest absolute Gasteiger partial charge is 0.0965 e. The minimum absolute atomic E-state index is 0.693. The Labute approximate surface area is 93.6 Å². The number of hydrogen-bond acceptors (Lipinski definition) is 2. The highest BCUT2D eigenvalue weighted by Gasteiger charge is 2.25. The van der Waals surface area contributed by atoms with Crippen molar-refractivity contribution >= 4 is 5.84 Å². The molecule has 86 valence electrons. The molecule has 1 fully saturated rings. The number of nitrogens with one attached hydrogen (secondary N) is 1. The summed E-state index contributed by atoms with van der Waals surface area (Å²) in [5, 5.41) is 3.68. The molecule has 0 aromatic heterocycles. The highest BCUT2D eigenvalue weighted by molar-refractivity contribution is 5.82. The van der Waals surface area contributed by atoms with Crippen LogP contribution in [0, 0.1) is 11.8 Å². The normalized spacial score (nSPS) is 37.2. The zero-order valence-corrected chi connectivity index (χ0v) is 10.1. The van der Waals surface area contributed by atoms with Gasteiger partial charge in [0.1, 0.15) is 0 Å². The molecule has 1 N–H and O–H groups in total. The van der Waals surface area contributed by atoms with Crippen LogP contribution in [0.4, 0.5) is 0 Å². The molecule has 1 heterocycles. The van der Waals surface area contributed by atoms with E-state index in [1.165, 1.54) is 44.4 Å². The van der Waals surface area contributed by atoms with E-state index >= 15 is 0 Å². The van der Waals surface area contributed by atoms with Crippen LogP contribution >= 0.6 is 0 Å². The van der Waals surface area contributed by atoms with Crippen molar-refractivity contribution < 1.29 is 0 Å². The zero-order valence-electron chi connectivity index (χ0n) is 10.1. The second-order valence-corrected chi connectivity index (χ2v) is 5.43. The zero-order chi connectivity index (χ0) is 10.7. The molecule has 0 aromatic carbocycles. The van der Waals surface area contributed by atoms with Crippen LogP contribution in [0.1, 0.15) is 52.4 Å². The number of aliphatic imine (C=N–C) groups is 1. The molecule has 0 radical (unpaired) electrons. The molecule has 0 aromatic rings. The summed E-state index contributed by atoms with van der Waals surface area (Å²) in [6.07, 6.45) is 7.88. The Hall–Kier alpha value is -0.530. The maximum atomic E-state index is 4.58. The first-order valence-electron chi connectivity index (χ1n) is 6.55. The summed E-state index contributed by atoms with van der Waals surface area (Å²) in [5.74, 6) is 3.03. The van der Waals surface area contributed by atoms with Gasteiger partial charge in [0.2, 0.25) is 0 Å². The van der Waals surface area contributed by atoms with Crippen molar-refractivity contribution in [3.63, 3.8) is 0 Å². The molecular weight excluding hydrogens is 184 g/mol. The molecule has 2 heteroatoms. The molecule has 0 bridgehead atoms. The van der Waals surface area contributed by atoms with E-state index in [4.69, 9.17) is 0 Å². The van der Waals surface area contributed by atoms with E-state index in [0.29, 0.717) is 6.04 Å². The van der Waals surface area contributed by atoms with Gasteiger partial charge in [0.05, 0.1) is 5.84 Å². The molecule has 2 nitrogen and oxygen atoms in total. The quantitative estimate of drug-likeness (QED) is 0.704. The number of rotatable bonds is 1. The van der Waals surface area contributed by atoms with Gasteiger partial charge in [-0.1, -0.05) is 13.8 Å². The van der Waals surface area contributed by atoms with Crippen molar-refractivity contribution in [3.8, 4) is 0 Å². The van der Waals surface area contributed by atoms with Crippen LogP contribution in [0.25, 0.3) is 0 Å². The average Bonchev–Trinajstić information content (AvgIpc) is 2.24. The summed E-state index contributed by atoms with van der Waals surface area (Å²) in [6.45, 7) is 5.81. The SMILES string of the molecule is CC1CCC(NC2=NCCCC2)C(C)C1. The highest BCUT2D eigenvalue weighted by Crippen LogP contribution is 2.28. The van der Waals surface area contributed by atoms with Crippen molar-refractivity contribution in [3.05, 3.63) is 0 Å². The lowest BCUT2D eigenvalue weighted by Crippen LogP contribution is -2.43. The number of nitrogens with zero attached hydrogens (tertiary/aromatic N) is 1. The monoisotopic (exact) mass is 208 g/mol. The minimum atomic E-state index is 0.693. The largest absolute Gasteiger partial charge is 0.371 e. The Morgan fingerprint density at radius 1 is 1.20 bits per heavy atom. The van der Waals surface area contributed by atoms with Crippen LogP contribution in [0.2, 0.25) is 0 Å². The van der Waals surface area contributed by atoms with Gasteiger partial charge in [-0.15, -0.1) is 0 Å². The Kier molecular flexibility index (Phi) is 3.66. The summed E-state index contributed by atoms with van der Waals surface area (Å²) in [4.78, 5) is 4.58. The van der Waals surface area contributed by atoms with Crippen molar-refractivity contribution in [1.29, 1.82) is 0 Å². The van der Waals surface area contributed by atoms with E-state index in [1.807, 2.05) is 0 Å². The van der Waals surface area contributed by atoms with Gasteiger partial charge >= 0.3 is 0 Å². The molecule has 15 heavy (non-hydrogen) atoms. The molecule has 1 aliphatic heterocycles. The van der Waals surface area contributed by atoms with E-state index < -0.39 is 0 Å². The van der Waals surface area contributed by atoms with E-state index in [0.717, 1.165) is 18.4 Å². The van der Waals surface area contributed by atoms with E-state index in [1.54, 1.807) is 0 Å². The Bertz CT molecular complexity index is 235. The predicted octanol–water partition coefficient (Wildman–Crippen LogP) is 2.98. The predicted molar refractivity (Wildman–Crippen MR) is 65.3 cm³/mol. The van der Waals surface area contributed by atoms with Crippen LogP contribution in [0.3, 0.4) is 0 Å². The van der Waals surface area contributed by atoms with E-state index in [-0.39, 0.29) is 0 Å². The van der Waals surface area contributed by atoms with Gasteiger partial charge in [0, 0.05) is 19.0 Å². The standard InChI is InChI=1S/C13H24N2/c1-10-6-7-12(11(2)9-10)15-13-5-3-4-8-14-13/h10-12H,3-9H2,1-2H3,(H,14,15). The summed E-state index contributed by atoms with van der Waals surface area (Å²) in [5.41, 5.74) is 0.